The maximum atomic E-state index is 12.0. The zero-order chi connectivity index (χ0) is 16.0. The molecule has 0 saturated carbocycles. The Hall–Kier alpha value is -2.04. The monoisotopic (exact) mass is 294 g/mol. The first-order chi connectivity index (χ1) is 9.79. The van der Waals surface area contributed by atoms with Crippen LogP contribution in [-0.2, 0) is 14.9 Å². The van der Waals surface area contributed by atoms with Crippen molar-refractivity contribution in [3.63, 3.8) is 0 Å². The van der Waals surface area contributed by atoms with Gasteiger partial charge in [0.15, 0.2) is 0 Å². The van der Waals surface area contributed by atoms with E-state index in [0.717, 1.165) is 5.56 Å². The molecule has 0 unspecified atom stereocenters. The molecular weight excluding hydrogens is 272 g/mol. The molecule has 0 aromatic heterocycles. The summed E-state index contributed by atoms with van der Waals surface area (Å²) in [6.45, 7) is 9.94. The molecule has 0 spiro atoms. The molecule has 0 amide bonds. The predicted octanol–water partition coefficient (Wildman–Crippen LogP) is 3.70. The van der Waals surface area contributed by atoms with E-state index in [9.17, 15) is 9.59 Å². The highest BCUT2D eigenvalue weighted by Crippen LogP contribution is 2.28. The molecule has 5 heteroatoms. The topological polar surface area (TPSA) is 61.8 Å². The lowest BCUT2D eigenvalue weighted by Gasteiger charge is -2.20. The number of carbonyl (C=O) groups excluding carboxylic acids is 2. The molecule has 21 heavy (non-hydrogen) atoms. The van der Waals surface area contributed by atoms with Crippen LogP contribution in [0.25, 0.3) is 0 Å². The smallest absolute Gasteiger partial charge is 0.462 e. The minimum Gasteiger partial charge on any atom is -0.462 e. The Kier molecular flexibility index (Phi) is 5.76. The van der Waals surface area contributed by atoms with Crippen molar-refractivity contribution in [2.45, 2.75) is 40.0 Å². The van der Waals surface area contributed by atoms with Crippen LogP contribution in [0.1, 0.15) is 50.5 Å². The Morgan fingerprint density at radius 2 is 1.67 bits per heavy atom. The second-order valence-electron chi connectivity index (χ2n) is 5.47. The van der Waals surface area contributed by atoms with Gasteiger partial charge in [-0.05, 0) is 37.0 Å². The van der Waals surface area contributed by atoms with Gasteiger partial charge in [-0.1, -0.05) is 26.8 Å². The lowest BCUT2D eigenvalue weighted by Crippen LogP contribution is -2.17. The maximum absolute atomic E-state index is 12.0. The third-order valence-electron chi connectivity index (χ3n) is 2.80. The van der Waals surface area contributed by atoms with Gasteiger partial charge in [0.1, 0.15) is 11.3 Å². The van der Waals surface area contributed by atoms with Crippen LogP contribution in [0.15, 0.2) is 18.2 Å². The van der Waals surface area contributed by atoms with E-state index in [2.05, 4.69) is 0 Å². The summed E-state index contributed by atoms with van der Waals surface area (Å²) in [5.74, 6) is -0.386. The number of hydrogen-bond acceptors (Lipinski definition) is 5. The summed E-state index contributed by atoms with van der Waals surface area (Å²) < 4.78 is 14.8. The molecule has 0 bridgehead atoms. The van der Waals surface area contributed by atoms with E-state index in [1.165, 1.54) is 0 Å². The predicted molar refractivity (Wildman–Crippen MR) is 78.7 cm³/mol. The van der Waals surface area contributed by atoms with Crippen molar-refractivity contribution in [1.29, 1.82) is 0 Å². The second kappa shape index (κ2) is 7.11. The molecule has 1 aromatic rings. The molecule has 116 valence electrons. The van der Waals surface area contributed by atoms with Crippen LogP contribution in [-0.4, -0.2) is 25.3 Å². The summed E-state index contributed by atoms with van der Waals surface area (Å²) in [6, 6.07) is 5.09. The van der Waals surface area contributed by atoms with E-state index >= 15 is 0 Å². The molecule has 1 aromatic carbocycles. The number of hydrogen-bond donors (Lipinski definition) is 0. The van der Waals surface area contributed by atoms with Gasteiger partial charge in [0.2, 0.25) is 0 Å². The summed E-state index contributed by atoms with van der Waals surface area (Å²) in [4.78, 5) is 23.5. The van der Waals surface area contributed by atoms with Crippen molar-refractivity contribution in [3.8, 4) is 5.75 Å². The van der Waals surface area contributed by atoms with Crippen LogP contribution >= 0.6 is 0 Å². The number of rotatable bonds is 4. The van der Waals surface area contributed by atoms with E-state index < -0.39 is 12.1 Å². The van der Waals surface area contributed by atoms with Crippen molar-refractivity contribution in [3.05, 3.63) is 29.3 Å². The Bertz CT molecular complexity index is 514. The molecule has 0 aliphatic rings. The quantitative estimate of drug-likeness (QED) is 0.626. The van der Waals surface area contributed by atoms with E-state index in [1.54, 1.807) is 26.0 Å². The van der Waals surface area contributed by atoms with Crippen LogP contribution in [0.4, 0.5) is 4.79 Å². The normalized spacial score (nSPS) is 10.9. The molecular formula is C16H22O5. The molecule has 0 heterocycles. The van der Waals surface area contributed by atoms with Gasteiger partial charge < -0.3 is 14.2 Å². The zero-order valence-corrected chi connectivity index (χ0v) is 13.2. The van der Waals surface area contributed by atoms with Crippen LogP contribution in [0, 0.1) is 0 Å². The van der Waals surface area contributed by atoms with Crippen LogP contribution < -0.4 is 4.74 Å². The van der Waals surface area contributed by atoms with Gasteiger partial charge in [-0.15, -0.1) is 0 Å². The lowest BCUT2D eigenvalue weighted by molar-refractivity contribution is 0.0521. The highest BCUT2D eigenvalue weighted by atomic mass is 16.7. The van der Waals surface area contributed by atoms with Gasteiger partial charge in [0.25, 0.3) is 0 Å². The molecule has 5 nitrogen and oxygen atoms in total. The second-order valence-corrected chi connectivity index (χ2v) is 5.47. The summed E-state index contributed by atoms with van der Waals surface area (Å²) >= 11 is 0. The van der Waals surface area contributed by atoms with Gasteiger partial charge >= 0.3 is 12.1 Å². The average molecular weight is 294 g/mol. The molecule has 0 radical (unpaired) electrons. The van der Waals surface area contributed by atoms with Gasteiger partial charge in [0.05, 0.1) is 13.2 Å². The Labute approximate surface area is 125 Å². The van der Waals surface area contributed by atoms with Crippen molar-refractivity contribution < 1.29 is 23.8 Å². The van der Waals surface area contributed by atoms with Crippen LogP contribution in [0.5, 0.6) is 5.75 Å². The van der Waals surface area contributed by atoms with E-state index in [-0.39, 0.29) is 29.9 Å². The molecule has 0 N–H and O–H groups in total. The minimum absolute atomic E-state index is 0.135. The van der Waals surface area contributed by atoms with Crippen LogP contribution in [0.3, 0.4) is 0 Å². The Balaban J connectivity index is 3.17. The van der Waals surface area contributed by atoms with Crippen molar-refractivity contribution >= 4 is 12.1 Å². The summed E-state index contributed by atoms with van der Waals surface area (Å²) in [5, 5.41) is 0. The average Bonchev–Trinajstić information content (AvgIpc) is 2.38. The Morgan fingerprint density at radius 3 is 2.19 bits per heavy atom. The first-order valence-electron chi connectivity index (χ1n) is 6.95. The lowest BCUT2D eigenvalue weighted by atomic mass is 9.86. The van der Waals surface area contributed by atoms with Gasteiger partial charge in [0, 0.05) is 0 Å². The number of benzene rings is 1. The SMILES string of the molecule is CCOC(=O)Oc1ccc(C(C)(C)C)cc1C(=O)OCC. The fourth-order valence-electron chi connectivity index (χ4n) is 1.69. The number of carbonyl (C=O) groups is 2. The largest absolute Gasteiger partial charge is 0.513 e. The summed E-state index contributed by atoms with van der Waals surface area (Å²) in [7, 11) is 0. The molecule has 0 atom stereocenters. The molecule has 0 saturated heterocycles. The number of ether oxygens (including phenoxy) is 3. The minimum atomic E-state index is -0.841. The summed E-state index contributed by atoms with van der Waals surface area (Å²) in [6.07, 6.45) is -0.841. The highest BCUT2D eigenvalue weighted by molar-refractivity contribution is 5.93. The van der Waals surface area contributed by atoms with Gasteiger partial charge in [-0.25, -0.2) is 9.59 Å². The fourth-order valence-corrected chi connectivity index (χ4v) is 1.69. The molecule has 0 aliphatic heterocycles. The molecule has 0 aliphatic carbocycles. The maximum Gasteiger partial charge on any atom is 0.513 e. The first-order valence-corrected chi connectivity index (χ1v) is 6.95. The Morgan fingerprint density at radius 1 is 1.05 bits per heavy atom. The van der Waals surface area contributed by atoms with Gasteiger partial charge in [-0.3, -0.25) is 0 Å². The zero-order valence-electron chi connectivity index (χ0n) is 13.2. The van der Waals surface area contributed by atoms with Crippen molar-refractivity contribution in [2.24, 2.45) is 0 Å². The molecule has 1 rings (SSSR count). The van der Waals surface area contributed by atoms with E-state index in [1.807, 2.05) is 26.8 Å². The highest BCUT2D eigenvalue weighted by Gasteiger charge is 2.22. The standard InChI is InChI=1S/C16H22O5/c1-6-19-14(17)12-10-11(16(3,4)5)8-9-13(12)21-15(18)20-7-2/h8-10H,6-7H2,1-5H3. The third-order valence-corrected chi connectivity index (χ3v) is 2.80. The molecule has 0 fully saturated rings. The fraction of sp³-hybridized carbons (Fsp3) is 0.500. The third kappa shape index (κ3) is 4.77. The number of esters is 1. The summed E-state index contributed by atoms with van der Waals surface area (Å²) in [5.41, 5.74) is 1.03. The first kappa shape index (κ1) is 17.0. The van der Waals surface area contributed by atoms with Crippen LogP contribution in [0.2, 0.25) is 0 Å². The van der Waals surface area contributed by atoms with Crippen molar-refractivity contribution in [2.75, 3.05) is 13.2 Å². The van der Waals surface area contributed by atoms with E-state index in [4.69, 9.17) is 14.2 Å². The van der Waals surface area contributed by atoms with Gasteiger partial charge in [-0.2, -0.15) is 0 Å². The van der Waals surface area contributed by atoms with E-state index in [0.29, 0.717) is 0 Å². The van der Waals surface area contributed by atoms with Crippen molar-refractivity contribution in [1.82, 2.24) is 0 Å².